The Labute approximate surface area is 177 Å². The van der Waals surface area contributed by atoms with Gasteiger partial charge < -0.3 is 10.2 Å². The molecule has 4 heterocycles. The molecule has 2 amide bonds. The Bertz CT molecular complexity index is 971. The second-order valence-corrected chi connectivity index (χ2v) is 8.83. The molecular formula is C20H23N5O2S2. The summed E-state index contributed by atoms with van der Waals surface area (Å²) in [6.07, 6.45) is 5.16. The Morgan fingerprint density at radius 1 is 1.28 bits per heavy atom. The summed E-state index contributed by atoms with van der Waals surface area (Å²) in [5.41, 5.74) is 1.54. The third kappa shape index (κ3) is 4.73. The zero-order chi connectivity index (χ0) is 20.2. The maximum Gasteiger partial charge on any atom is 0.228 e. The van der Waals surface area contributed by atoms with Crippen molar-refractivity contribution in [2.24, 2.45) is 5.92 Å². The van der Waals surface area contributed by atoms with Crippen LogP contribution in [0.3, 0.4) is 0 Å². The molecular weight excluding hydrogens is 406 g/mol. The maximum atomic E-state index is 12.6. The first-order valence-electron chi connectivity index (χ1n) is 9.71. The number of hydrogen-bond acceptors (Lipinski definition) is 6. The SMILES string of the molecule is CCn1cc(NC(=O)C2CCN(C(=O)Cc3csc(-c4cccs4)n3)CC2)cn1. The van der Waals surface area contributed by atoms with Crippen molar-refractivity contribution in [2.45, 2.75) is 32.7 Å². The highest BCUT2D eigenvalue weighted by Crippen LogP contribution is 2.28. The highest BCUT2D eigenvalue weighted by Gasteiger charge is 2.28. The quantitative estimate of drug-likeness (QED) is 0.650. The van der Waals surface area contributed by atoms with Gasteiger partial charge in [-0.1, -0.05) is 6.07 Å². The van der Waals surface area contributed by atoms with Crippen LogP contribution in [0.2, 0.25) is 0 Å². The van der Waals surface area contributed by atoms with E-state index in [1.807, 2.05) is 40.9 Å². The normalized spacial score (nSPS) is 14.9. The molecule has 9 heteroatoms. The van der Waals surface area contributed by atoms with Gasteiger partial charge in [0.2, 0.25) is 11.8 Å². The fourth-order valence-corrected chi connectivity index (χ4v) is 5.04. The Morgan fingerprint density at radius 2 is 2.10 bits per heavy atom. The van der Waals surface area contributed by atoms with Crippen molar-refractivity contribution >= 4 is 40.2 Å². The summed E-state index contributed by atoms with van der Waals surface area (Å²) < 4.78 is 1.78. The van der Waals surface area contributed by atoms with E-state index in [2.05, 4.69) is 15.4 Å². The van der Waals surface area contributed by atoms with Crippen LogP contribution in [0.5, 0.6) is 0 Å². The lowest BCUT2D eigenvalue weighted by molar-refractivity contribution is -0.133. The van der Waals surface area contributed by atoms with Crippen LogP contribution in [0.15, 0.2) is 35.3 Å². The van der Waals surface area contributed by atoms with E-state index >= 15 is 0 Å². The van der Waals surface area contributed by atoms with E-state index in [1.165, 1.54) is 0 Å². The third-order valence-corrected chi connectivity index (χ3v) is 6.99. The van der Waals surface area contributed by atoms with Crippen molar-refractivity contribution in [1.82, 2.24) is 19.7 Å². The van der Waals surface area contributed by atoms with Crippen LogP contribution in [0.4, 0.5) is 5.69 Å². The lowest BCUT2D eigenvalue weighted by Crippen LogP contribution is -2.42. The number of aromatic nitrogens is 3. The van der Waals surface area contributed by atoms with Crippen LogP contribution in [-0.4, -0.2) is 44.6 Å². The summed E-state index contributed by atoms with van der Waals surface area (Å²) in [5, 5.41) is 12.1. The zero-order valence-corrected chi connectivity index (χ0v) is 17.8. The number of anilines is 1. The molecule has 7 nitrogen and oxygen atoms in total. The fraction of sp³-hybridized carbons (Fsp3) is 0.400. The van der Waals surface area contributed by atoms with Crippen molar-refractivity contribution in [3.05, 3.63) is 41.0 Å². The van der Waals surface area contributed by atoms with E-state index in [0.29, 0.717) is 32.4 Å². The fourth-order valence-electron chi connectivity index (χ4n) is 3.40. The molecule has 0 aliphatic carbocycles. The van der Waals surface area contributed by atoms with E-state index in [-0.39, 0.29) is 17.7 Å². The van der Waals surface area contributed by atoms with Crippen molar-refractivity contribution in [3.63, 3.8) is 0 Å². The number of nitrogens with one attached hydrogen (secondary N) is 1. The van der Waals surface area contributed by atoms with E-state index in [1.54, 1.807) is 33.6 Å². The van der Waals surface area contributed by atoms with Crippen LogP contribution in [0.1, 0.15) is 25.5 Å². The van der Waals surface area contributed by atoms with Gasteiger partial charge in [0.15, 0.2) is 0 Å². The maximum absolute atomic E-state index is 12.6. The van der Waals surface area contributed by atoms with Gasteiger partial charge in [0.25, 0.3) is 0 Å². The van der Waals surface area contributed by atoms with Gasteiger partial charge in [-0.05, 0) is 31.2 Å². The first-order chi connectivity index (χ1) is 14.1. The van der Waals surface area contributed by atoms with Gasteiger partial charge in [0, 0.05) is 37.1 Å². The Balaban J connectivity index is 1.26. The topological polar surface area (TPSA) is 80.1 Å². The standard InChI is InChI=1S/C20H23N5O2S2/c1-2-25-12-16(11-21-25)22-19(27)14-5-7-24(8-6-14)18(26)10-15-13-29-20(23-15)17-4-3-9-28-17/h3-4,9,11-14H,2,5-8,10H2,1H3,(H,22,27). The predicted octanol–water partition coefficient (Wildman–Crippen LogP) is 3.51. The van der Waals surface area contributed by atoms with Gasteiger partial charge >= 0.3 is 0 Å². The summed E-state index contributed by atoms with van der Waals surface area (Å²) in [5.74, 6) is 0.0117. The molecule has 0 atom stereocenters. The highest BCUT2D eigenvalue weighted by molar-refractivity contribution is 7.20. The zero-order valence-electron chi connectivity index (χ0n) is 16.2. The molecule has 1 N–H and O–H groups in total. The highest BCUT2D eigenvalue weighted by atomic mass is 32.1. The first kappa shape index (κ1) is 19.8. The average molecular weight is 430 g/mol. The summed E-state index contributed by atoms with van der Waals surface area (Å²) in [6, 6.07) is 4.04. The minimum absolute atomic E-state index is 0.00726. The van der Waals surface area contributed by atoms with Gasteiger partial charge in [-0.3, -0.25) is 14.3 Å². The second-order valence-electron chi connectivity index (χ2n) is 7.03. The van der Waals surface area contributed by atoms with Crippen LogP contribution in [-0.2, 0) is 22.6 Å². The van der Waals surface area contributed by atoms with Crippen molar-refractivity contribution in [3.8, 4) is 9.88 Å². The monoisotopic (exact) mass is 429 g/mol. The number of aryl methyl sites for hydroxylation is 1. The number of hydrogen-bond donors (Lipinski definition) is 1. The smallest absolute Gasteiger partial charge is 0.228 e. The molecule has 0 bridgehead atoms. The number of nitrogens with zero attached hydrogens (tertiary/aromatic N) is 4. The van der Waals surface area contributed by atoms with Gasteiger partial charge in [-0.2, -0.15) is 5.10 Å². The number of likely N-dealkylation sites (tertiary alicyclic amines) is 1. The Kier molecular flexibility index (Phi) is 6.05. The summed E-state index contributed by atoms with van der Waals surface area (Å²) in [4.78, 5) is 32.7. The minimum Gasteiger partial charge on any atom is -0.342 e. The molecule has 0 spiro atoms. The van der Waals surface area contributed by atoms with Gasteiger partial charge in [0.1, 0.15) is 5.01 Å². The van der Waals surface area contributed by atoms with Gasteiger partial charge in [0.05, 0.1) is 28.9 Å². The van der Waals surface area contributed by atoms with Crippen LogP contribution >= 0.6 is 22.7 Å². The lowest BCUT2D eigenvalue weighted by atomic mass is 9.95. The molecule has 1 saturated heterocycles. The van der Waals surface area contributed by atoms with Crippen molar-refractivity contribution in [2.75, 3.05) is 18.4 Å². The van der Waals surface area contributed by atoms with E-state index in [0.717, 1.165) is 27.8 Å². The Hall–Kier alpha value is -2.52. The van der Waals surface area contributed by atoms with Crippen LogP contribution in [0, 0.1) is 5.92 Å². The molecule has 1 aliphatic heterocycles. The van der Waals surface area contributed by atoms with E-state index < -0.39 is 0 Å². The number of piperidine rings is 1. The van der Waals surface area contributed by atoms with Crippen molar-refractivity contribution < 1.29 is 9.59 Å². The lowest BCUT2D eigenvalue weighted by Gasteiger charge is -2.31. The molecule has 0 saturated carbocycles. The molecule has 152 valence electrons. The molecule has 29 heavy (non-hydrogen) atoms. The minimum atomic E-state index is -0.0752. The number of thiazole rings is 1. The third-order valence-electron chi connectivity index (χ3n) is 5.06. The molecule has 4 rings (SSSR count). The largest absolute Gasteiger partial charge is 0.342 e. The molecule has 0 aromatic carbocycles. The van der Waals surface area contributed by atoms with Gasteiger partial charge in [-0.15, -0.1) is 22.7 Å². The Morgan fingerprint density at radius 3 is 2.79 bits per heavy atom. The molecule has 1 aliphatic rings. The van der Waals surface area contributed by atoms with E-state index in [9.17, 15) is 9.59 Å². The van der Waals surface area contributed by atoms with Gasteiger partial charge in [-0.25, -0.2) is 4.98 Å². The predicted molar refractivity (Wildman–Crippen MR) is 115 cm³/mol. The summed E-state index contributed by atoms with van der Waals surface area (Å²) in [7, 11) is 0. The van der Waals surface area contributed by atoms with Crippen molar-refractivity contribution in [1.29, 1.82) is 0 Å². The molecule has 3 aromatic rings. The number of carbonyl (C=O) groups excluding carboxylic acids is 2. The summed E-state index contributed by atoms with van der Waals surface area (Å²) in [6.45, 7) is 3.98. The van der Waals surface area contributed by atoms with E-state index in [4.69, 9.17) is 0 Å². The molecule has 1 fully saturated rings. The molecule has 3 aromatic heterocycles. The van der Waals surface area contributed by atoms with Crippen LogP contribution < -0.4 is 5.32 Å². The molecule has 0 unspecified atom stereocenters. The number of rotatable bonds is 6. The van der Waals surface area contributed by atoms with Crippen LogP contribution in [0.25, 0.3) is 9.88 Å². The number of amides is 2. The second kappa shape index (κ2) is 8.87. The average Bonchev–Trinajstić information content (AvgIpc) is 3.49. The summed E-state index contributed by atoms with van der Waals surface area (Å²) >= 11 is 3.22. The molecule has 0 radical (unpaired) electrons. The first-order valence-corrected chi connectivity index (χ1v) is 11.5. The number of carbonyl (C=O) groups is 2. The number of thiophene rings is 1.